The maximum atomic E-state index is 13.0. The van der Waals surface area contributed by atoms with Gasteiger partial charge in [-0.2, -0.15) is 0 Å². The van der Waals surface area contributed by atoms with Crippen LogP contribution >= 0.6 is 22.6 Å². The topological polar surface area (TPSA) is 76.6 Å². The monoisotopic (exact) mass is 477 g/mol. The first-order chi connectivity index (χ1) is 13.0. The van der Waals surface area contributed by atoms with E-state index in [0.29, 0.717) is 6.42 Å². The lowest BCUT2D eigenvalue weighted by Gasteiger charge is -2.40. The lowest BCUT2D eigenvalue weighted by atomic mass is 9.79. The molecule has 5 rings (SSSR count). The van der Waals surface area contributed by atoms with Crippen LogP contribution in [0.2, 0.25) is 0 Å². The Kier molecular flexibility index (Phi) is 3.96. The highest BCUT2D eigenvalue weighted by atomic mass is 127. The molecule has 0 radical (unpaired) electrons. The van der Waals surface area contributed by atoms with Crippen LogP contribution in [0.5, 0.6) is 0 Å². The predicted molar refractivity (Wildman–Crippen MR) is 111 cm³/mol. The van der Waals surface area contributed by atoms with E-state index in [1.54, 1.807) is 0 Å². The van der Waals surface area contributed by atoms with Crippen molar-refractivity contribution in [3.8, 4) is 0 Å². The highest BCUT2D eigenvalue weighted by molar-refractivity contribution is 14.1. The van der Waals surface area contributed by atoms with Gasteiger partial charge in [0.15, 0.2) is 0 Å². The minimum Gasteiger partial charge on any atom is -0.465 e. The SMILES string of the molecule is O=C([C@@H]1C=C2c3cccc4[nH]c(I)c(c34)C[C@H]2N(C(=O)O)C1)N1CCCC1. The van der Waals surface area contributed by atoms with Gasteiger partial charge in [-0.1, -0.05) is 18.2 Å². The summed E-state index contributed by atoms with van der Waals surface area (Å²) in [5, 5.41) is 11.0. The van der Waals surface area contributed by atoms with Gasteiger partial charge in [0.1, 0.15) is 0 Å². The first-order valence-corrected chi connectivity index (χ1v) is 10.4. The average molecular weight is 477 g/mol. The molecule has 27 heavy (non-hydrogen) atoms. The van der Waals surface area contributed by atoms with Crippen molar-refractivity contribution >= 4 is 51.1 Å². The van der Waals surface area contributed by atoms with Gasteiger partial charge < -0.3 is 15.0 Å². The second-order valence-corrected chi connectivity index (χ2v) is 8.64. The lowest BCUT2D eigenvalue weighted by Crippen LogP contribution is -2.51. The largest absolute Gasteiger partial charge is 0.465 e. The van der Waals surface area contributed by atoms with Crippen LogP contribution in [0.3, 0.4) is 0 Å². The van der Waals surface area contributed by atoms with Crippen LogP contribution in [0.15, 0.2) is 24.3 Å². The predicted octanol–water partition coefficient (Wildman–Crippen LogP) is 3.31. The van der Waals surface area contributed by atoms with Gasteiger partial charge in [0, 0.05) is 37.0 Å². The van der Waals surface area contributed by atoms with E-state index in [4.69, 9.17) is 0 Å². The summed E-state index contributed by atoms with van der Waals surface area (Å²) in [6.07, 6.45) is 3.81. The molecule has 2 atom stereocenters. The summed E-state index contributed by atoms with van der Waals surface area (Å²) in [6, 6.07) is 5.87. The molecule has 0 bridgehead atoms. The summed E-state index contributed by atoms with van der Waals surface area (Å²) >= 11 is 2.29. The molecule has 2 aromatic rings. The van der Waals surface area contributed by atoms with Crippen LogP contribution < -0.4 is 0 Å². The van der Waals surface area contributed by atoms with Crippen LogP contribution in [0.4, 0.5) is 4.79 Å². The highest BCUT2D eigenvalue weighted by Crippen LogP contribution is 2.43. The first-order valence-electron chi connectivity index (χ1n) is 9.34. The van der Waals surface area contributed by atoms with Crippen molar-refractivity contribution in [1.29, 1.82) is 0 Å². The van der Waals surface area contributed by atoms with E-state index < -0.39 is 12.0 Å². The number of carbonyl (C=O) groups excluding carboxylic acids is 1. The van der Waals surface area contributed by atoms with Crippen LogP contribution in [0.1, 0.15) is 24.0 Å². The third-order valence-electron chi connectivity index (χ3n) is 6.07. The van der Waals surface area contributed by atoms with Crippen LogP contribution in [-0.2, 0) is 11.2 Å². The van der Waals surface area contributed by atoms with Gasteiger partial charge in [0.25, 0.3) is 0 Å². The number of fused-ring (bicyclic) bond motifs is 2. The van der Waals surface area contributed by atoms with Crippen LogP contribution in [-0.4, -0.2) is 57.6 Å². The Labute approximate surface area is 170 Å². The number of amides is 2. The van der Waals surface area contributed by atoms with Gasteiger partial charge in [-0.05, 0) is 58.2 Å². The average Bonchev–Trinajstić information content (AvgIpc) is 3.30. The van der Waals surface area contributed by atoms with Gasteiger partial charge in [0.2, 0.25) is 5.91 Å². The van der Waals surface area contributed by atoms with Crippen molar-refractivity contribution < 1.29 is 14.7 Å². The van der Waals surface area contributed by atoms with Gasteiger partial charge in [-0.3, -0.25) is 9.69 Å². The molecule has 140 valence electrons. The van der Waals surface area contributed by atoms with Crippen LogP contribution in [0, 0.1) is 9.62 Å². The molecule has 1 aromatic heterocycles. The van der Waals surface area contributed by atoms with E-state index >= 15 is 0 Å². The fraction of sp³-hybridized carbons (Fsp3) is 0.400. The summed E-state index contributed by atoms with van der Waals surface area (Å²) in [7, 11) is 0. The maximum absolute atomic E-state index is 13.0. The molecule has 0 spiro atoms. The molecule has 1 aromatic carbocycles. The van der Waals surface area contributed by atoms with Crippen molar-refractivity contribution in [3.63, 3.8) is 0 Å². The molecule has 3 heterocycles. The molecule has 6 nitrogen and oxygen atoms in total. The Morgan fingerprint density at radius 3 is 2.74 bits per heavy atom. The van der Waals surface area contributed by atoms with E-state index in [1.807, 2.05) is 17.0 Å². The quantitative estimate of drug-likeness (QED) is 0.619. The van der Waals surface area contributed by atoms with Gasteiger partial charge in [-0.25, -0.2) is 4.79 Å². The third kappa shape index (κ3) is 2.58. The Morgan fingerprint density at radius 1 is 1.22 bits per heavy atom. The molecular weight excluding hydrogens is 457 g/mol. The Morgan fingerprint density at radius 2 is 2.00 bits per heavy atom. The number of carbonyl (C=O) groups is 2. The molecule has 2 N–H and O–H groups in total. The standard InChI is InChI=1S/C20H20IN3O3/c21-18-14-9-16-13(12-4-3-5-15(22-18)17(12)14)8-11(10-24(16)20(26)27)19(25)23-6-1-2-7-23/h3-5,8,11,16,22H,1-2,6-7,9-10H2,(H,26,27)/t11-,16-/m1/s1. The van der Waals surface area contributed by atoms with E-state index in [1.165, 1.54) is 15.8 Å². The number of benzene rings is 1. The number of nitrogens with zero attached hydrogens (tertiary/aromatic N) is 2. The fourth-order valence-electron chi connectivity index (χ4n) is 4.82. The molecule has 1 saturated heterocycles. The zero-order valence-corrected chi connectivity index (χ0v) is 16.9. The molecule has 7 heteroatoms. The van der Waals surface area contributed by atoms with Crippen molar-refractivity contribution in [2.75, 3.05) is 19.6 Å². The second-order valence-electron chi connectivity index (χ2n) is 7.56. The summed E-state index contributed by atoms with van der Waals surface area (Å²) in [5.41, 5.74) is 4.29. The lowest BCUT2D eigenvalue weighted by molar-refractivity contribution is -0.133. The second kappa shape index (κ2) is 6.25. The number of likely N-dealkylation sites (tertiary alicyclic amines) is 1. The number of halogens is 1. The van der Waals surface area contributed by atoms with Crippen molar-refractivity contribution in [2.24, 2.45) is 5.92 Å². The Bertz CT molecular complexity index is 990. The summed E-state index contributed by atoms with van der Waals surface area (Å²) in [5.74, 6) is -0.341. The smallest absolute Gasteiger partial charge is 0.407 e. The van der Waals surface area contributed by atoms with E-state index in [9.17, 15) is 14.7 Å². The third-order valence-corrected chi connectivity index (χ3v) is 6.99. The van der Waals surface area contributed by atoms with Crippen molar-refractivity contribution in [2.45, 2.75) is 25.3 Å². The molecule has 1 fully saturated rings. The van der Waals surface area contributed by atoms with E-state index in [-0.39, 0.29) is 18.5 Å². The summed E-state index contributed by atoms with van der Waals surface area (Å²) in [4.78, 5) is 31.8. The fourth-order valence-corrected chi connectivity index (χ4v) is 5.60. The number of nitrogens with one attached hydrogen (secondary N) is 1. The first kappa shape index (κ1) is 17.1. The number of aromatic nitrogens is 1. The van der Waals surface area contributed by atoms with Crippen LogP contribution in [0.25, 0.3) is 16.5 Å². The Hall–Kier alpha value is -2.03. The number of H-pyrrole nitrogens is 1. The Balaban J connectivity index is 1.64. The number of rotatable bonds is 1. The molecule has 2 aliphatic heterocycles. The van der Waals surface area contributed by atoms with E-state index in [2.05, 4.69) is 39.7 Å². The van der Waals surface area contributed by atoms with Gasteiger partial charge >= 0.3 is 6.09 Å². The number of hydrogen-bond donors (Lipinski definition) is 2. The van der Waals surface area contributed by atoms with Gasteiger partial charge in [0.05, 0.1) is 15.7 Å². The van der Waals surface area contributed by atoms with E-state index in [0.717, 1.165) is 46.3 Å². The molecule has 0 unspecified atom stereocenters. The molecule has 3 aliphatic rings. The van der Waals surface area contributed by atoms with Gasteiger partial charge in [-0.15, -0.1) is 0 Å². The van der Waals surface area contributed by atoms with Crippen molar-refractivity contribution in [3.05, 3.63) is 39.1 Å². The number of aromatic amines is 1. The molecule has 0 saturated carbocycles. The minimum atomic E-state index is -0.953. The zero-order chi connectivity index (χ0) is 18.7. The summed E-state index contributed by atoms with van der Waals surface area (Å²) in [6.45, 7) is 1.81. The number of hydrogen-bond acceptors (Lipinski definition) is 2. The normalized spacial score (nSPS) is 24.1. The highest BCUT2D eigenvalue weighted by Gasteiger charge is 2.41. The number of carboxylic acid groups (broad SMARTS) is 1. The summed E-state index contributed by atoms with van der Waals surface area (Å²) < 4.78 is 1.06. The molecule has 2 amide bonds. The zero-order valence-electron chi connectivity index (χ0n) is 14.7. The van der Waals surface area contributed by atoms with Crippen molar-refractivity contribution in [1.82, 2.24) is 14.8 Å². The maximum Gasteiger partial charge on any atom is 0.407 e. The molecular formula is C20H20IN3O3. The minimum absolute atomic E-state index is 0.0614. The molecule has 1 aliphatic carbocycles.